The summed E-state index contributed by atoms with van der Waals surface area (Å²) in [4.78, 5) is 17.9. The highest BCUT2D eigenvalue weighted by Gasteiger charge is 2.27. The van der Waals surface area contributed by atoms with Crippen molar-refractivity contribution in [3.63, 3.8) is 0 Å². The monoisotopic (exact) mass is 355 g/mol. The number of amides is 1. The van der Waals surface area contributed by atoms with Crippen LogP contribution in [0.1, 0.15) is 68.6 Å². The Morgan fingerprint density at radius 1 is 0.962 bits per heavy atom. The van der Waals surface area contributed by atoms with Gasteiger partial charge in [-0.15, -0.1) is 0 Å². The van der Waals surface area contributed by atoms with E-state index in [2.05, 4.69) is 5.48 Å². The summed E-state index contributed by atoms with van der Waals surface area (Å²) in [5, 5.41) is 10.7. The highest BCUT2D eigenvalue weighted by molar-refractivity contribution is 5.94. The molecule has 2 aromatic rings. The molecule has 0 fully saturated rings. The van der Waals surface area contributed by atoms with Crippen molar-refractivity contribution < 1.29 is 14.7 Å². The van der Waals surface area contributed by atoms with E-state index in [0.717, 1.165) is 16.7 Å². The maximum atomic E-state index is 12.6. The van der Waals surface area contributed by atoms with Gasteiger partial charge >= 0.3 is 0 Å². The minimum atomic E-state index is -0.322. The van der Waals surface area contributed by atoms with E-state index in [-0.39, 0.29) is 22.5 Å². The predicted molar refractivity (Wildman–Crippen MR) is 104 cm³/mol. The van der Waals surface area contributed by atoms with Crippen LogP contribution in [-0.2, 0) is 22.3 Å². The van der Waals surface area contributed by atoms with E-state index in [1.807, 2.05) is 71.9 Å². The molecule has 2 rings (SSSR count). The number of hydrogen-bond donors (Lipinski definition) is 2. The Morgan fingerprint density at radius 3 is 1.92 bits per heavy atom. The number of hydroxylamine groups is 1. The van der Waals surface area contributed by atoms with Gasteiger partial charge in [0.2, 0.25) is 0 Å². The Morgan fingerprint density at radius 2 is 1.46 bits per heavy atom. The molecular weight excluding hydrogens is 326 g/mol. The average molecular weight is 355 g/mol. The number of phenolic OH excluding ortho intramolecular Hbond substituents is 1. The van der Waals surface area contributed by atoms with Gasteiger partial charge in [0.1, 0.15) is 5.75 Å². The number of benzene rings is 2. The molecule has 26 heavy (non-hydrogen) atoms. The maximum absolute atomic E-state index is 12.6. The third-order valence-electron chi connectivity index (χ3n) is 4.23. The number of carbonyl (C=O) groups excluding carboxylic acids is 1. The molecule has 0 heterocycles. The maximum Gasteiger partial charge on any atom is 0.274 e. The van der Waals surface area contributed by atoms with Crippen LogP contribution in [0.4, 0.5) is 0 Å². The Balaban J connectivity index is 2.26. The van der Waals surface area contributed by atoms with Crippen LogP contribution in [0.3, 0.4) is 0 Å². The topological polar surface area (TPSA) is 58.6 Å². The fraction of sp³-hybridized carbons (Fsp3) is 0.409. The van der Waals surface area contributed by atoms with Gasteiger partial charge in [-0.1, -0.05) is 71.9 Å². The van der Waals surface area contributed by atoms with Gasteiger partial charge in [0.25, 0.3) is 5.91 Å². The standard InChI is InChI=1S/C22H29NO3/c1-21(2,3)17-12-16(13-18(19(17)24)22(4,5)6)20(25)23-26-14-15-10-8-7-9-11-15/h7-13,24H,14H2,1-6H3,(H,23,25). The SMILES string of the molecule is CC(C)(C)c1cc(C(=O)NOCc2ccccc2)cc(C(C)(C)C)c1O. The summed E-state index contributed by atoms with van der Waals surface area (Å²) in [6.45, 7) is 12.4. The zero-order valence-corrected chi connectivity index (χ0v) is 16.5. The second-order valence-corrected chi connectivity index (χ2v) is 8.63. The molecule has 0 saturated carbocycles. The van der Waals surface area contributed by atoms with E-state index in [9.17, 15) is 9.90 Å². The van der Waals surface area contributed by atoms with Crippen LogP contribution in [0.25, 0.3) is 0 Å². The molecule has 0 bridgehead atoms. The summed E-state index contributed by atoms with van der Waals surface area (Å²) in [5.41, 5.74) is 4.88. The van der Waals surface area contributed by atoms with E-state index in [4.69, 9.17) is 4.84 Å². The van der Waals surface area contributed by atoms with E-state index < -0.39 is 0 Å². The first-order valence-electron chi connectivity index (χ1n) is 8.84. The molecule has 4 heteroatoms. The van der Waals surface area contributed by atoms with Gasteiger partial charge < -0.3 is 5.11 Å². The lowest BCUT2D eigenvalue weighted by Gasteiger charge is -2.28. The van der Waals surface area contributed by atoms with Crippen LogP contribution >= 0.6 is 0 Å². The van der Waals surface area contributed by atoms with Crippen molar-refractivity contribution >= 4 is 5.91 Å². The Hall–Kier alpha value is -2.33. The molecule has 0 aliphatic carbocycles. The lowest BCUT2D eigenvalue weighted by atomic mass is 9.78. The summed E-state index contributed by atoms with van der Waals surface area (Å²) in [7, 11) is 0. The fourth-order valence-corrected chi connectivity index (χ4v) is 2.73. The third kappa shape index (κ3) is 4.85. The van der Waals surface area contributed by atoms with Gasteiger partial charge in [-0.3, -0.25) is 9.63 Å². The van der Waals surface area contributed by atoms with Crippen molar-refractivity contribution in [1.29, 1.82) is 0 Å². The van der Waals surface area contributed by atoms with Crippen molar-refractivity contribution in [2.24, 2.45) is 0 Å². The zero-order chi connectivity index (χ0) is 19.5. The number of hydrogen-bond acceptors (Lipinski definition) is 3. The molecule has 0 atom stereocenters. The van der Waals surface area contributed by atoms with Gasteiger partial charge in [0.05, 0.1) is 6.61 Å². The quantitative estimate of drug-likeness (QED) is 0.771. The van der Waals surface area contributed by atoms with E-state index in [1.165, 1.54) is 0 Å². The molecule has 0 spiro atoms. The number of phenols is 1. The van der Waals surface area contributed by atoms with Crippen molar-refractivity contribution in [2.75, 3.05) is 0 Å². The van der Waals surface area contributed by atoms with Crippen molar-refractivity contribution in [3.05, 3.63) is 64.7 Å². The zero-order valence-electron chi connectivity index (χ0n) is 16.5. The van der Waals surface area contributed by atoms with E-state index in [1.54, 1.807) is 12.1 Å². The van der Waals surface area contributed by atoms with E-state index >= 15 is 0 Å². The second-order valence-electron chi connectivity index (χ2n) is 8.63. The van der Waals surface area contributed by atoms with Crippen LogP contribution in [-0.4, -0.2) is 11.0 Å². The second kappa shape index (κ2) is 7.50. The molecule has 2 N–H and O–H groups in total. The third-order valence-corrected chi connectivity index (χ3v) is 4.23. The van der Waals surface area contributed by atoms with Crippen molar-refractivity contribution in [1.82, 2.24) is 5.48 Å². The minimum absolute atomic E-state index is 0.256. The summed E-state index contributed by atoms with van der Waals surface area (Å²) in [6.07, 6.45) is 0. The van der Waals surface area contributed by atoms with Crippen molar-refractivity contribution in [2.45, 2.75) is 59.0 Å². The van der Waals surface area contributed by atoms with Crippen LogP contribution in [0.2, 0.25) is 0 Å². The number of nitrogens with one attached hydrogen (secondary N) is 1. The molecule has 0 aliphatic rings. The van der Waals surface area contributed by atoms with Gasteiger partial charge in [0.15, 0.2) is 0 Å². The molecule has 1 amide bonds. The average Bonchev–Trinajstić information content (AvgIpc) is 2.53. The number of carbonyl (C=O) groups is 1. The van der Waals surface area contributed by atoms with E-state index in [0.29, 0.717) is 12.2 Å². The molecule has 4 nitrogen and oxygen atoms in total. The van der Waals surface area contributed by atoms with Crippen LogP contribution in [0, 0.1) is 0 Å². The molecule has 0 saturated heterocycles. The minimum Gasteiger partial charge on any atom is -0.507 e. The number of rotatable bonds is 4. The fourth-order valence-electron chi connectivity index (χ4n) is 2.73. The molecule has 0 radical (unpaired) electrons. The summed E-state index contributed by atoms with van der Waals surface area (Å²) in [5.74, 6) is -0.0660. The van der Waals surface area contributed by atoms with Crippen LogP contribution < -0.4 is 5.48 Å². The van der Waals surface area contributed by atoms with Gasteiger partial charge in [0, 0.05) is 16.7 Å². The largest absolute Gasteiger partial charge is 0.507 e. The Labute approximate surface area is 156 Å². The lowest BCUT2D eigenvalue weighted by Crippen LogP contribution is -2.26. The normalized spacial score (nSPS) is 12.1. The molecule has 2 aromatic carbocycles. The lowest BCUT2D eigenvalue weighted by molar-refractivity contribution is 0.0233. The first-order valence-corrected chi connectivity index (χ1v) is 8.84. The highest BCUT2D eigenvalue weighted by atomic mass is 16.6. The molecule has 0 aliphatic heterocycles. The smallest absolute Gasteiger partial charge is 0.274 e. The first kappa shape index (κ1) is 20.0. The molecule has 0 unspecified atom stereocenters. The van der Waals surface area contributed by atoms with Gasteiger partial charge in [-0.25, -0.2) is 5.48 Å². The predicted octanol–water partition coefficient (Wildman–Crippen LogP) is 4.85. The molecular formula is C22H29NO3. The van der Waals surface area contributed by atoms with Gasteiger partial charge in [-0.05, 0) is 28.5 Å². The summed E-state index contributed by atoms with van der Waals surface area (Å²) < 4.78 is 0. The number of aromatic hydroxyl groups is 1. The molecule has 140 valence electrons. The Bertz CT molecular complexity index is 733. The summed E-state index contributed by atoms with van der Waals surface area (Å²) >= 11 is 0. The Kier molecular flexibility index (Phi) is 5.77. The first-order chi connectivity index (χ1) is 12.0. The van der Waals surface area contributed by atoms with Crippen LogP contribution in [0.15, 0.2) is 42.5 Å². The molecule has 0 aromatic heterocycles. The van der Waals surface area contributed by atoms with Gasteiger partial charge in [-0.2, -0.15) is 0 Å². The van der Waals surface area contributed by atoms with Crippen molar-refractivity contribution in [3.8, 4) is 5.75 Å². The summed E-state index contributed by atoms with van der Waals surface area (Å²) in [6, 6.07) is 13.1. The highest BCUT2D eigenvalue weighted by Crippen LogP contribution is 2.39. The van der Waals surface area contributed by atoms with Crippen LogP contribution in [0.5, 0.6) is 5.75 Å².